The Morgan fingerprint density at radius 2 is 1.67 bits per heavy atom. The number of nitrogens with one attached hydrogen (secondary N) is 1. The molecule has 0 bridgehead atoms. The van der Waals surface area contributed by atoms with Crippen molar-refractivity contribution in [1.82, 2.24) is 5.43 Å². The topological polar surface area (TPSA) is 83.7 Å². The van der Waals surface area contributed by atoms with Crippen LogP contribution in [0.25, 0.3) is 0 Å². The first-order valence-electron chi connectivity index (χ1n) is 9.05. The second kappa shape index (κ2) is 10.6. The third-order valence-electron chi connectivity index (χ3n) is 4.00. The lowest BCUT2D eigenvalue weighted by atomic mass is 10.1. The van der Waals surface area contributed by atoms with Crippen molar-refractivity contribution in [2.24, 2.45) is 5.10 Å². The summed E-state index contributed by atoms with van der Waals surface area (Å²) in [7, 11) is 0. The summed E-state index contributed by atoms with van der Waals surface area (Å²) in [6, 6.07) is 23.4. The van der Waals surface area contributed by atoms with E-state index in [4.69, 9.17) is 26.3 Å². The fourth-order valence-electron chi connectivity index (χ4n) is 2.46. The van der Waals surface area contributed by atoms with Crippen molar-refractivity contribution in [3.63, 3.8) is 0 Å². The summed E-state index contributed by atoms with van der Waals surface area (Å²) in [5.41, 5.74) is 4.62. The molecule has 3 aromatic carbocycles. The predicted octanol–water partition coefficient (Wildman–Crippen LogP) is 4.32. The van der Waals surface area contributed by atoms with Gasteiger partial charge >= 0.3 is 0 Å². The molecule has 0 aromatic heterocycles. The number of halogens is 1. The molecule has 0 heterocycles. The number of ether oxygens (including phenoxy) is 2. The summed E-state index contributed by atoms with van der Waals surface area (Å²) >= 11 is 5.80. The standard InChI is InChI=1S/C23H18ClN3O3/c24-20-7-11-22(12-8-20)30-16-23(28)27-26-14-17-5-9-21(10-6-17)29-15-19-4-2-1-3-18(19)13-25/h1-12,14H,15-16H2,(H,27,28)/b26-14-. The minimum Gasteiger partial charge on any atom is -0.489 e. The number of nitrogens with zero attached hydrogens (tertiary/aromatic N) is 2. The van der Waals surface area contributed by atoms with Gasteiger partial charge in [0.2, 0.25) is 0 Å². The van der Waals surface area contributed by atoms with Crippen LogP contribution in [0.2, 0.25) is 5.02 Å². The monoisotopic (exact) mass is 419 g/mol. The molecule has 3 rings (SSSR count). The summed E-state index contributed by atoms with van der Waals surface area (Å²) in [5, 5.41) is 13.6. The average molecular weight is 420 g/mol. The molecule has 0 radical (unpaired) electrons. The SMILES string of the molecule is N#Cc1ccccc1COc1ccc(/C=N\NC(=O)COc2ccc(Cl)cc2)cc1. The van der Waals surface area contributed by atoms with Crippen LogP contribution in [0.3, 0.4) is 0 Å². The molecule has 6 nitrogen and oxygen atoms in total. The second-order valence-corrected chi connectivity index (χ2v) is 6.60. The molecule has 0 saturated heterocycles. The van der Waals surface area contributed by atoms with Gasteiger partial charge in [0.05, 0.1) is 17.8 Å². The largest absolute Gasteiger partial charge is 0.489 e. The lowest BCUT2D eigenvalue weighted by molar-refractivity contribution is -0.123. The van der Waals surface area contributed by atoms with Crippen LogP contribution in [0.4, 0.5) is 0 Å². The minimum atomic E-state index is -0.377. The van der Waals surface area contributed by atoms with Crippen molar-refractivity contribution in [3.05, 3.63) is 94.5 Å². The lowest BCUT2D eigenvalue weighted by Gasteiger charge is -2.07. The maximum Gasteiger partial charge on any atom is 0.277 e. The number of nitriles is 1. The molecule has 3 aromatic rings. The zero-order valence-corrected chi connectivity index (χ0v) is 16.7. The molecule has 150 valence electrons. The molecule has 0 unspecified atom stereocenters. The Kier molecular flexibility index (Phi) is 7.42. The maximum absolute atomic E-state index is 11.8. The third kappa shape index (κ3) is 6.36. The Balaban J connectivity index is 1.44. The van der Waals surface area contributed by atoms with Crippen LogP contribution in [-0.2, 0) is 11.4 Å². The highest BCUT2D eigenvalue weighted by Crippen LogP contribution is 2.16. The zero-order valence-electron chi connectivity index (χ0n) is 15.9. The highest BCUT2D eigenvalue weighted by Gasteiger charge is 2.03. The molecule has 30 heavy (non-hydrogen) atoms. The molecule has 7 heteroatoms. The lowest BCUT2D eigenvalue weighted by Crippen LogP contribution is -2.24. The highest BCUT2D eigenvalue weighted by molar-refractivity contribution is 6.30. The van der Waals surface area contributed by atoms with Crippen molar-refractivity contribution in [3.8, 4) is 17.6 Å². The molecular formula is C23H18ClN3O3. The predicted molar refractivity (Wildman–Crippen MR) is 115 cm³/mol. The fourth-order valence-corrected chi connectivity index (χ4v) is 2.58. The maximum atomic E-state index is 11.8. The van der Waals surface area contributed by atoms with Gasteiger partial charge < -0.3 is 9.47 Å². The number of benzene rings is 3. The van der Waals surface area contributed by atoms with Gasteiger partial charge in [0.15, 0.2) is 6.61 Å². The molecule has 0 atom stereocenters. The van der Waals surface area contributed by atoms with Gasteiger partial charge in [0.25, 0.3) is 5.91 Å². The number of hydrogen-bond acceptors (Lipinski definition) is 5. The van der Waals surface area contributed by atoms with E-state index in [1.54, 1.807) is 42.5 Å². The zero-order chi connectivity index (χ0) is 21.2. The van der Waals surface area contributed by atoms with E-state index in [2.05, 4.69) is 16.6 Å². The van der Waals surface area contributed by atoms with Crippen LogP contribution in [0.5, 0.6) is 11.5 Å². The molecule has 0 aliphatic carbocycles. The fraction of sp³-hybridized carbons (Fsp3) is 0.0870. The minimum absolute atomic E-state index is 0.157. The normalized spacial score (nSPS) is 10.4. The van der Waals surface area contributed by atoms with E-state index >= 15 is 0 Å². The number of carbonyl (C=O) groups excluding carboxylic acids is 1. The van der Waals surface area contributed by atoms with Crippen LogP contribution in [-0.4, -0.2) is 18.7 Å². The number of amides is 1. The van der Waals surface area contributed by atoms with Crippen LogP contribution in [0, 0.1) is 11.3 Å². The summed E-state index contributed by atoms with van der Waals surface area (Å²) < 4.78 is 11.1. The Bertz CT molecular complexity index is 1060. The molecule has 0 spiro atoms. The van der Waals surface area contributed by atoms with Crippen LogP contribution >= 0.6 is 11.6 Å². The van der Waals surface area contributed by atoms with Gasteiger partial charge in [-0.1, -0.05) is 29.8 Å². The highest BCUT2D eigenvalue weighted by atomic mass is 35.5. The molecule has 0 aliphatic rings. The summed E-state index contributed by atoms with van der Waals surface area (Å²) in [5.74, 6) is 0.837. The van der Waals surface area contributed by atoms with Crippen LogP contribution in [0.15, 0.2) is 77.9 Å². The number of carbonyl (C=O) groups is 1. The summed E-state index contributed by atoms with van der Waals surface area (Å²) in [6.45, 7) is 0.150. The number of rotatable bonds is 8. The van der Waals surface area contributed by atoms with E-state index in [0.29, 0.717) is 28.7 Å². The Morgan fingerprint density at radius 3 is 2.40 bits per heavy atom. The first-order chi connectivity index (χ1) is 14.6. The third-order valence-corrected chi connectivity index (χ3v) is 4.25. The van der Waals surface area contributed by atoms with Crippen LogP contribution < -0.4 is 14.9 Å². The van der Waals surface area contributed by atoms with Gasteiger partial charge in [-0.05, 0) is 60.2 Å². The van der Waals surface area contributed by atoms with Gasteiger partial charge in [-0.2, -0.15) is 10.4 Å². The average Bonchev–Trinajstić information content (AvgIpc) is 2.78. The van der Waals surface area contributed by atoms with Crippen molar-refractivity contribution in [2.75, 3.05) is 6.61 Å². The van der Waals surface area contributed by atoms with Crippen molar-refractivity contribution >= 4 is 23.7 Å². The van der Waals surface area contributed by atoms with Gasteiger partial charge in [0.1, 0.15) is 18.1 Å². The van der Waals surface area contributed by atoms with Gasteiger partial charge in [-0.3, -0.25) is 4.79 Å². The van der Waals surface area contributed by atoms with E-state index in [1.807, 2.05) is 30.3 Å². The summed E-state index contributed by atoms with van der Waals surface area (Å²) in [6.07, 6.45) is 1.52. The molecule has 0 saturated carbocycles. The Morgan fingerprint density at radius 1 is 1.00 bits per heavy atom. The van der Waals surface area contributed by atoms with Gasteiger partial charge in [-0.25, -0.2) is 5.43 Å². The first-order valence-corrected chi connectivity index (χ1v) is 9.43. The summed E-state index contributed by atoms with van der Waals surface area (Å²) in [4.78, 5) is 11.8. The van der Waals surface area contributed by atoms with E-state index in [1.165, 1.54) is 6.21 Å². The number of hydrogen-bond donors (Lipinski definition) is 1. The smallest absolute Gasteiger partial charge is 0.277 e. The number of hydrazone groups is 1. The molecule has 0 aliphatic heterocycles. The molecule has 1 amide bonds. The quantitative estimate of drug-likeness (QED) is 0.435. The molecular weight excluding hydrogens is 402 g/mol. The first kappa shape index (κ1) is 20.9. The molecule has 1 N–H and O–H groups in total. The van der Waals surface area contributed by atoms with Crippen molar-refractivity contribution in [1.29, 1.82) is 5.26 Å². The Hall–Kier alpha value is -3.82. The second-order valence-electron chi connectivity index (χ2n) is 6.16. The van der Waals surface area contributed by atoms with Gasteiger partial charge in [0, 0.05) is 10.6 Å². The van der Waals surface area contributed by atoms with E-state index in [9.17, 15) is 4.79 Å². The van der Waals surface area contributed by atoms with E-state index in [0.717, 1.165) is 11.1 Å². The molecule has 0 fully saturated rings. The van der Waals surface area contributed by atoms with Crippen molar-refractivity contribution < 1.29 is 14.3 Å². The van der Waals surface area contributed by atoms with Gasteiger partial charge in [-0.15, -0.1) is 0 Å². The van der Waals surface area contributed by atoms with E-state index in [-0.39, 0.29) is 12.5 Å². The van der Waals surface area contributed by atoms with Crippen molar-refractivity contribution in [2.45, 2.75) is 6.61 Å². The Labute approximate surface area is 179 Å². The van der Waals surface area contributed by atoms with Crippen LogP contribution in [0.1, 0.15) is 16.7 Å². The van der Waals surface area contributed by atoms with E-state index < -0.39 is 0 Å².